The predicted octanol–water partition coefficient (Wildman–Crippen LogP) is -1.11. The summed E-state index contributed by atoms with van der Waals surface area (Å²) in [4.78, 5) is 33.8. The number of hydrogen-bond donors (Lipinski definition) is 2. The van der Waals surface area contributed by atoms with E-state index in [4.69, 9.17) is 10.8 Å². The minimum atomic E-state index is -1.12. The summed E-state index contributed by atoms with van der Waals surface area (Å²) in [6.07, 6.45) is 2.65. The van der Waals surface area contributed by atoms with Crippen LogP contribution in [-0.2, 0) is 14.4 Å². The zero-order chi connectivity index (χ0) is 11.4. The van der Waals surface area contributed by atoms with Gasteiger partial charge in [-0.3, -0.25) is 14.4 Å². The average molecular weight is 213 g/mol. The number of nitrogens with two attached hydrogens (primary N) is 1. The highest BCUT2D eigenvalue weighted by Crippen LogP contribution is 2.16. The number of nitrogens with zero attached hydrogens (tertiary/aromatic N) is 1. The Balaban J connectivity index is 2.58. The highest BCUT2D eigenvalue weighted by atomic mass is 16.4. The van der Waals surface area contributed by atoms with E-state index in [2.05, 4.69) is 0 Å². The molecule has 15 heavy (non-hydrogen) atoms. The van der Waals surface area contributed by atoms with Gasteiger partial charge in [0.25, 0.3) is 0 Å². The lowest BCUT2D eigenvalue weighted by molar-refractivity contribution is -0.141. The van der Waals surface area contributed by atoms with Crippen LogP contribution in [0.5, 0.6) is 0 Å². The fourth-order valence-corrected chi connectivity index (χ4v) is 1.64. The molecule has 1 radical (unpaired) electrons. The van der Waals surface area contributed by atoms with E-state index in [1.165, 1.54) is 4.90 Å². The Labute approximate surface area is 87.0 Å². The van der Waals surface area contributed by atoms with Gasteiger partial charge in [-0.2, -0.15) is 0 Å². The minimum absolute atomic E-state index is 0.416. The number of carbonyl (C=O) groups is 2. The van der Waals surface area contributed by atoms with Crippen LogP contribution in [0.3, 0.4) is 0 Å². The lowest BCUT2D eigenvalue weighted by atomic mass is 10.2. The van der Waals surface area contributed by atoms with E-state index in [1.807, 2.05) is 0 Å². The molecule has 0 saturated carbocycles. The van der Waals surface area contributed by atoms with Crippen LogP contribution >= 0.6 is 0 Å². The van der Waals surface area contributed by atoms with Crippen molar-refractivity contribution in [3.8, 4) is 0 Å². The van der Waals surface area contributed by atoms with Crippen molar-refractivity contribution in [2.75, 3.05) is 6.54 Å². The Morgan fingerprint density at radius 1 is 1.60 bits per heavy atom. The van der Waals surface area contributed by atoms with Crippen molar-refractivity contribution in [1.82, 2.24) is 4.90 Å². The van der Waals surface area contributed by atoms with Crippen LogP contribution < -0.4 is 5.73 Å². The maximum absolute atomic E-state index is 11.6. The van der Waals surface area contributed by atoms with Gasteiger partial charge < -0.3 is 15.7 Å². The molecule has 0 aliphatic carbocycles. The van der Waals surface area contributed by atoms with Gasteiger partial charge >= 0.3 is 5.97 Å². The number of aliphatic carboxylic acids is 1. The number of carboxylic acids is 1. The summed E-state index contributed by atoms with van der Waals surface area (Å²) in [6.45, 7) is 0.450. The summed E-state index contributed by atoms with van der Waals surface area (Å²) in [7, 11) is 0. The first-order chi connectivity index (χ1) is 7.06. The van der Waals surface area contributed by atoms with Crippen LogP contribution in [-0.4, -0.2) is 46.8 Å². The first kappa shape index (κ1) is 11.6. The Morgan fingerprint density at radius 3 is 2.80 bits per heavy atom. The summed E-state index contributed by atoms with van der Waals surface area (Å²) in [5.74, 6) is -1.61. The highest BCUT2D eigenvalue weighted by Gasteiger charge is 2.32. The third-order valence-electron chi connectivity index (χ3n) is 2.38. The van der Waals surface area contributed by atoms with Crippen molar-refractivity contribution in [3.63, 3.8) is 0 Å². The number of carboxylic acid groups (broad SMARTS) is 1. The molecule has 1 amide bonds. The quantitative estimate of drug-likeness (QED) is 0.616. The maximum atomic E-state index is 11.6. The van der Waals surface area contributed by atoms with Crippen LogP contribution in [0.25, 0.3) is 0 Å². The zero-order valence-corrected chi connectivity index (χ0v) is 8.18. The number of amides is 1. The molecule has 83 valence electrons. The van der Waals surface area contributed by atoms with Gasteiger partial charge in [-0.1, -0.05) is 0 Å². The monoisotopic (exact) mass is 213 g/mol. The summed E-state index contributed by atoms with van der Waals surface area (Å²) in [5, 5.41) is 8.47. The average Bonchev–Trinajstić information content (AvgIpc) is 2.62. The Kier molecular flexibility index (Phi) is 3.79. The van der Waals surface area contributed by atoms with Crippen LogP contribution in [0, 0.1) is 0 Å². The molecule has 0 bridgehead atoms. The molecule has 1 saturated heterocycles. The van der Waals surface area contributed by atoms with Crippen LogP contribution in [0.1, 0.15) is 19.3 Å². The SMILES string of the molecule is N[C@@H](CC(=O)O)C(=O)N1CCC[C@H]1[C]=O. The molecule has 0 aromatic heterocycles. The van der Waals surface area contributed by atoms with Gasteiger partial charge in [0.05, 0.1) is 18.5 Å². The molecule has 1 rings (SSSR count). The lowest BCUT2D eigenvalue weighted by Crippen LogP contribution is -2.47. The second-order valence-electron chi connectivity index (χ2n) is 3.51. The summed E-state index contributed by atoms with van der Waals surface area (Å²) >= 11 is 0. The number of hydrogen-bond acceptors (Lipinski definition) is 4. The highest BCUT2D eigenvalue weighted by molar-refractivity contribution is 5.88. The van der Waals surface area contributed by atoms with Crippen molar-refractivity contribution in [2.45, 2.75) is 31.3 Å². The van der Waals surface area contributed by atoms with Gasteiger partial charge in [-0.05, 0) is 12.8 Å². The maximum Gasteiger partial charge on any atom is 0.305 e. The van der Waals surface area contributed by atoms with E-state index >= 15 is 0 Å². The molecule has 1 fully saturated rings. The van der Waals surface area contributed by atoms with Gasteiger partial charge in [-0.25, -0.2) is 0 Å². The van der Waals surface area contributed by atoms with Crippen LogP contribution in [0.4, 0.5) is 0 Å². The third kappa shape index (κ3) is 2.76. The smallest absolute Gasteiger partial charge is 0.305 e. The summed E-state index contributed by atoms with van der Waals surface area (Å²) < 4.78 is 0. The van der Waals surface area contributed by atoms with Crippen molar-refractivity contribution >= 4 is 18.2 Å². The molecule has 3 N–H and O–H groups in total. The van der Waals surface area contributed by atoms with Gasteiger partial charge in [0, 0.05) is 6.54 Å². The van der Waals surface area contributed by atoms with E-state index in [0.717, 1.165) is 6.42 Å². The molecular weight excluding hydrogens is 200 g/mol. The molecule has 1 aliphatic rings. The van der Waals surface area contributed by atoms with Crippen molar-refractivity contribution in [2.24, 2.45) is 5.73 Å². The third-order valence-corrected chi connectivity index (χ3v) is 2.38. The minimum Gasteiger partial charge on any atom is -0.481 e. The van der Waals surface area contributed by atoms with Gasteiger partial charge in [-0.15, -0.1) is 0 Å². The van der Waals surface area contributed by atoms with Crippen LogP contribution in [0.15, 0.2) is 0 Å². The standard InChI is InChI=1S/C9H13N2O4/c10-7(4-8(13)14)9(15)11-3-1-2-6(11)5-12/h6-7H,1-4,10H2,(H,13,14)/t6-,7-/m0/s1. The Bertz CT molecular complexity index is 279. The fourth-order valence-electron chi connectivity index (χ4n) is 1.64. The van der Waals surface area contributed by atoms with Crippen molar-refractivity contribution in [3.05, 3.63) is 0 Å². The van der Waals surface area contributed by atoms with Crippen LogP contribution in [0.2, 0.25) is 0 Å². The molecule has 2 atom stereocenters. The molecule has 0 aromatic carbocycles. The second kappa shape index (κ2) is 4.88. The topological polar surface area (TPSA) is 101 Å². The van der Waals surface area contributed by atoms with E-state index in [9.17, 15) is 14.4 Å². The Hall–Kier alpha value is -1.43. The van der Waals surface area contributed by atoms with Gasteiger partial charge in [0.2, 0.25) is 12.2 Å². The van der Waals surface area contributed by atoms with Gasteiger partial charge in [0.1, 0.15) is 0 Å². The lowest BCUT2D eigenvalue weighted by Gasteiger charge is -2.22. The number of rotatable bonds is 4. The fraction of sp³-hybridized carbons (Fsp3) is 0.667. The molecule has 6 heteroatoms. The first-order valence-electron chi connectivity index (χ1n) is 4.71. The molecule has 1 aliphatic heterocycles. The normalized spacial score (nSPS) is 22.5. The van der Waals surface area contributed by atoms with E-state index in [1.54, 1.807) is 6.29 Å². The molecule has 1 heterocycles. The zero-order valence-electron chi connectivity index (χ0n) is 8.18. The number of likely N-dealkylation sites (tertiary alicyclic amines) is 1. The van der Waals surface area contributed by atoms with E-state index in [0.29, 0.717) is 13.0 Å². The first-order valence-corrected chi connectivity index (χ1v) is 4.71. The second-order valence-corrected chi connectivity index (χ2v) is 3.51. The molecule has 0 unspecified atom stereocenters. The molecule has 0 spiro atoms. The van der Waals surface area contributed by atoms with Crippen molar-refractivity contribution < 1.29 is 19.5 Å². The molecular formula is C9H13N2O4. The molecule has 6 nitrogen and oxygen atoms in total. The predicted molar refractivity (Wildman–Crippen MR) is 50.7 cm³/mol. The van der Waals surface area contributed by atoms with Gasteiger partial charge in [0.15, 0.2) is 0 Å². The van der Waals surface area contributed by atoms with Crippen molar-refractivity contribution in [1.29, 1.82) is 0 Å². The number of carbonyl (C=O) groups excluding carboxylic acids is 2. The van der Waals surface area contributed by atoms with E-state index < -0.39 is 30.4 Å². The molecule has 0 aromatic rings. The summed E-state index contributed by atoms with van der Waals surface area (Å²) in [6, 6.07) is -1.63. The Morgan fingerprint density at radius 2 is 2.27 bits per heavy atom. The van der Waals surface area contributed by atoms with E-state index in [-0.39, 0.29) is 0 Å². The summed E-state index contributed by atoms with van der Waals surface area (Å²) in [5.41, 5.74) is 5.41. The largest absolute Gasteiger partial charge is 0.481 e.